The second kappa shape index (κ2) is 8.78. The molecule has 1 atom stereocenters. The average Bonchev–Trinajstić information content (AvgIpc) is 3.16. The number of para-hydroxylation sites is 2. The standard InChI is InChI=1S/C24H23FN4O/c1-17-6-8-18(9-7-17)14-26-24(30)28-22(19-10-12-20(25)13-11-19)15-29-16-27-21-4-2-3-5-23(21)29/h2-13,16,22H,14-15H2,1H3,(H2,26,28,30)/t22-/m1/s1. The van der Waals surface area contributed by atoms with E-state index in [1.54, 1.807) is 18.5 Å². The minimum atomic E-state index is -0.346. The van der Waals surface area contributed by atoms with Gasteiger partial charge in [-0.05, 0) is 42.3 Å². The topological polar surface area (TPSA) is 59.0 Å². The summed E-state index contributed by atoms with van der Waals surface area (Å²) in [5, 5.41) is 5.91. The van der Waals surface area contributed by atoms with E-state index in [2.05, 4.69) is 15.6 Å². The first-order valence-corrected chi connectivity index (χ1v) is 9.84. The van der Waals surface area contributed by atoms with Crippen LogP contribution in [0.5, 0.6) is 0 Å². The van der Waals surface area contributed by atoms with E-state index in [0.29, 0.717) is 13.1 Å². The van der Waals surface area contributed by atoms with E-state index < -0.39 is 0 Å². The molecule has 0 saturated carbocycles. The molecule has 2 amide bonds. The summed E-state index contributed by atoms with van der Waals surface area (Å²) in [4.78, 5) is 17.0. The Morgan fingerprint density at radius 3 is 2.53 bits per heavy atom. The van der Waals surface area contributed by atoms with Crippen molar-refractivity contribution in [2.45, 2.75) is 26.1 Å². The van der Waals surface area contributed by atoms with Crippen LogP contribution in [0.3, 0.4) is 0 Å². The predicted octanol–water partition coefficient (Wildman–Crippen LogP) is 4.72. The molecule has 4 aromatic rings. The van der Waals surface area contributed by atoms with Gasteiger partial charge in [0.1, 0.15) is 5.82 Å². The number of nitrogens with one attached hydrogen (secondary N) is 2. The summed E-state index contributed by atoms with van der Waals surface area (Å²) in [6.07, 6.45) is 1.76. The summed E-state index contributed by atoms with van der Waals surface area (Å²) in [7, 11) is 0. The van der Waals surface area contributed by atoms with E-state index in [1.165, 1.54) is 17.7 Å². The van der Waals surface area contributed by atoms with Gasteiger partial charge in [-0.25, -0.2) is 14.2 Å². The highest BCUT2D eigenvalue weighted by atomic mass is 19.1. The number of fused-ring (bicyclic) bond motifs is 1. The maximum atomic E-state index is 13.4. The molecule has 0 saturated heterocycles. The Hall–Kier alpha value is -3.67. The first-order chi connectivity index (χ1) is 14.6. The Labute approximate surface area is 174 Å². The molecule has 1 heterocycles. The fourth-order valence-electron chi connectivity index (χ4n) is 3.38. The molecular weight excluding hydrogens is 379 g/mol. The molecule has 0 unspecified atom stereocenters. The van der Waals surface area contributed by atoms with Gasteiger partial charge in [-0.2, -0.15) is 0 Å². The Bertz CT molecular complexity index is 1140. The molecule has 152 valence electrons. The summed E-state index contributed by atoms with van der Waals surface area (Å²) in [6.45, 7) is 2.93. The fourth-order valence-corrected chi connectivity index (χ4v) is 3.38. The summed E-state index contributed by atoms with van der Waals surface area (Å²) >= 11 is 0. The van der Waals surface area contributed by atoms with Crippen molar-refractivity contribution in [1.29, 1.82) is 0 Å². The zero-order chi connectivity index (χ0) is 20.9. The number of aromatic nitrogens is 2. The molecule has 0 bridgehead atoms. The summed E-state index contributed by atoms with van der Waals surface area (Å²) < 4.78 is 15.4. The average molecular weight is 402 g/mol. The van der Waals surface area contributed by atoms with Crippen LogP contribution in [-0.2, 0) is 13.1 Å². The third kappa shape index (κ3) is 4.66. The minimum Gasteiger partial charge on any atom is -0.334 e. The minimum absolute atomic E-state index is 0.283. The molecule has 0 spiro atoms. The maximum absolute atomic E-state index is 13.4. The van der Waals surface area contributed by atoms with Crippen molar-refractivity contribution in [3.8, 4) is 0 Å². The Morgan fingerprint density at radius 1 is 1.03 bits per heavy atom. The van der Waals surface area contributed by atoms with Crippen LogP contribution >= 0.6 is 0 Å². The van der Waals surface area contributed by atoms with Crippen LogP contribution < -0.4 is 10.6 Å². The lowest BCUT2D eigenvalue weighted by Gasteiger charge is -2.21. The van der Waals surface area contributed by atoms with Gasteiger partial charge < -0.3 is 15.2 Å². The van der Waals surface area contributed by atoms with Crippen LogP contribution in [0.1, 0.15) is 22.7 Å². The Balaban J connectivity index is 1.50. The first kappa shape index (κ1) is 19.6. The van der Waals surface area contributed by atoms with Gasteiger partial charge in [0.05, 0.1) is 23.4 Å². The van der Waals surface area contributed by atoms with Crippen LogP contribution in [-0.4, -0.2) is 15.6 Å². The lowest BCUT2D eigenvalue weighted by Crippen LogP contribution is -2.39. The summed E-state index contributed by atoms with van der Waals surface area (Å²) in [5.41, 5.74) is 4.88. The van der Waals surface area contributed by atoms with Gasteiger partial charge in [0.15, 0.2) is 0 Å². The summed E-state index contributed by atoms with van der Waals surface area (Å²) in [5.74, 6) is -0.311. The van der Waals surface area contributed by atoms with Crippen LogP contribution in [0.15, 0.2) is 79.1 Å². The number of urea groups is 1. The van der Waals surface area contributed by atoms with Crippen LogP contribution in [0.4, 0.5) is 9.18 Å². The highest BCUT2D eigenvalue weighted by Crippen LogP contribution is 2.20. The van der Waals surface area contributed by atoms with Crippen molar-refractivity contribution >= 4 is 17.1 Å². The number of hydrogen-bond donors (Lipinski definition) is 2. The Kier molecular flexibility index (Phi) is 5.75. The molecule has 0 radical (unpaired) electrons. The number of rotatable bonds is 6. The van der Waals surface area contributed by atoms with Crippen molar-refractivity contribution in [1.82, 2.24) is 20.2 Å². The number of nitrogens with zero attached hydrogens (tertiary/aromatic N) is 2. The van der Waals surface area contributed by atoms with Gasteiger partial charge in [-0.15, -0.1) is 0 Å². The van der Waals surface area contributed by atoms with Gasteiger partial charge in [0, 0.05) is 13.1 Å². The Morgan fingerprint density at radius 2 is 1.77 bits per heavy atom. The molecule has 0 fully saturated rings. The third-order valence-electron chi connectivity index (χ3n) is 5.06. The van der Waals surface area contributed by atoms with E-state index in [1.807, 2.05) is 60.0 Å². The second-order valence-electron chi connectivity index (χ2n) is 7.30. The molecule has 5 nitrogen and oxygen atoms in total. The zero-order valence-electron chi connectivity index (χ0n) is 16.7. The summed E-state index contributed by atoms with van der Waals surface area (Å²) in [6, 6.07) is 21.4. The lowest BCUT2D eigenvalue weighted by molar-refractivity contribution is 0.235. The smallest absolute Gasteiger partial charge is 0.315 e. The number of imidazole rings is 1. The third-order valence-corrected chi connectivity index (χ3v) is 5.06. The number of halogens is 1. The second-order valence-corrected chi connectivity index (χ2v) is 7.30. The fraction of sp³-hybridized carbons (Fsp3) is 0.167. The van der Waals surface area contributed by atoms with Gasteiger partial charge >= 0.3 is 6.03 Å². The first-order valence-electron chi connectivity index (χ1n) is 9.84. The number of carbonyl (C=O) groups is 1. The number of carbonyl (C=O) groups excluding carboxylic acids is 1. The van der Waals surface area contributed by atoms with Crippen molar-refractivity contribution in [3.05, 3.63) is 102 Å². The largest absolute Gasteiger partial charge is 0.334 e. The van der Waals surface area contributed by atoms with E-state index in [9.17, 15) is 9.18 Å². The molecule has 3 aromatic carbocycles. The quantitative estimate of drug-likeness (QED) is 0.490. The van der Waals surface area contributed by atoms with Crippen molar-refractivity contribution in [2.24, 2.45) is 0 Å². The van der Waals surface area contributed by atoms with Gasteiger partial charge in [-0.3, -0.25) is 0 Å². The molecule has 2 N–H and O–H groups in total. The van der Waals surface area contributed by atoms with Gasteiger partial charge in [0.25, 0.3) is 0 Å². The maximum Gasteiger partial charge on any atom is 0.315 e. The van der Waals surface area contributed by atoms with E-state index in [-0.39, 0.29) is 17.9 Å². The molecular formula is C24H23FN4O. The van der Waals surface area contributed by atoms with Gasteiger partial charge in [0.2, 0.25) is 0 Å². The molecule has 1 aromatic heterocycles. The monoisotopic (exact) mass is 402 g/mol. The van der Waals surface area contributed by atoms with Crippen molar-refractivity contribution in [2.75, 3.05) is 0 Å². The molecule has 30 heavy (non-hydrogen) atoms. The highest BCUT2D eigenvalue weighted by molar-refractivity contribution is 5.76. The zero-order valence-corrected chi connectivity index (χ0v) is 16.7. The molecule has 4 rings (SSSR count). The number of benzene rings is 3. The molecule has 0 aliphatic heterocycles. The molecule has 0 aliphatic rings. The van der Waals surface area contributed by atoms with E-state index in [4.69, 9.17) is 0 Å². The van der Waals surface area contributed by atoms with Crippen LogP contribution in [0, 0.1) is 12.7 Å². The van der Waals surface area contributed by atoms with Crippen LogP contribution in [0.2, 0.25) is 0 Å². The molecule has 6 heteroatoms. The van der Waals surface area contributed by atoms with Crippen molar-refractivity contribution in [3.63, 3.8) is 0 Å². The van der Waals surface area contributed by atoms with Crippen molar-refractivity contribution < 1.29 is 9.18 Å². The van der Waals surface area contributed by atoms with Gasteiger partial charge in [-0.1, -0.05) is 54.1 Å². The highest BCUT2D eigenvalue weighted by Gasteiger charge is 2.17. The normalized spacial score (nSPS) is 11.9. The van der Waals surface area contributed by atoms with E-state index >= 15 is 0 Å². The SMILES string of the molecule is Cc1ccc(CNC(=O)N[C@H](Cn2cnc3ccccc32)c2ccc(F)cc2)cc1. The number of amides is 2. The van der Waals surface area contributed by atoms with E-state index in [0.717, 1.165) is 22.2 Å². The number of hydrogen-bond acceptors (Lipinski definition) is 2. The lowest BCUT2D eigenvalue weighted by atomic mass is 10.1. The van der Waals surface area contributed by atoms with Crippen LogP contribution in [0.25, 0.3) is 11.0 Å². The predicted molar refractivity (Wildman–Crippen MR) is 115 cm³/mol. The number of aryl methyl sites for hydroxylation is 1. The molecule has 0 aliphatic carbocycles.